The molecule has 0 heterocycles. The summed E-state index contributed by atoms with van der Waals surface area (Å²) in [5.74, 6) is 0.111. The average Bonchev–Trinajstić information content (AvgIpc) is 2.27. The van der Waals surface area contributed by atoms with Gasteiger partial charge in [-0.25, -0.2) is 4.79 Å². The first kappa shape index (κ1) is 11.7. The van der Waals surface area contributed by atoms with Gasteiger partial charge in [0, 0.05) is 0 Å². The smallest absolute Gasteiger partial charge is 0.328 e. The molecule has 0 radical (unpaired) electrons. The summed E-state index contributed by atoms with van der Waals surface area (Å²) in [6.07, 6.45) is 1.28. The van der Waals surface area contributed by atoms with Crippen LogP contribution in [-0.4, -0.2) is 18.6 Å². The molecule has 4 heteroatoms. The van der Waals surface area contributed by atoms with Gasteiger partial charge in [0.15, 0.2) is 0 Å². The number of rotatable bonds is 5. The molecule has 4 N–H and O–H groups in total. The Morgan fingerprint density at radius 3 is 2.60 bits per heavy atom. The summed E-state index contributed by atoms with van der Waals surface area (Å²) in [4.78, 5) is 11.4. The van der Waals surface area contributed by atoms with E-state index in [9.17, 15) is 4.79 Å². The number of carbonyl (C=O) groups is 1. The molecule has 0 unspecified atom stereocenters. The van der Waals surface area contributed by atoms with Crippen LogP contribution in [0.4, 0.5) is 0 Å². The van der Waals surface area contributed by atoms with Gasteiger partial charge in [-0.15, -0.1) is 0 Å². The Balaban J connectivity index is 2.42. The number of carbonyl (C=O) groups excluding carboxylic acids is 1. The van der Waals surface area contributed by atoms with Gasteiger partial charge in [-0.2, -0.15) is 0 Å². The third kappa shape index (κ3) is 4.10. The third-order valence-electron chi connectivity index (χ3n) is 1.98. The minimum atomic E-state index is -0.589. The van der Waals surface area contributed by atoms with E-state index < -0.39 is 12.0 Å². The minimum Gasteiger partial charge on any atom is -0.425 e. The van der Waals surface area contributed by atoms with Gasteiger partial charge in [-0.05, 0) is 31.5 Å². The van der Waals surface area contributed by atoms with E-state index in [1.54, 1.807) is 24.3 Å². The van der Waals surface area contributed by atoms with E-state index in [0.29, 0.717) is 18.7 Å². The van der Waals surface area contributed by atoms with Crippen LogP contribution in [0.5, 0.6) is 5.75 Å². The molecule has 0 spiro atoms. The quantitative estimate of drug-likeness (QED) is 0.550. The second kappa shape index (κ2) is 6.16. The van der Waals surface area contributed by atoms with Gasteiger partial charge < -0.3 is 16.2 Å². The predicted molar refractivity (Wildman–Crippen MR) is 58.3 cm³/mol. The Labute approximate surface area is 89.2 Å². The van der Waals surface area contributed by atoms with Crippen molar-refractivity contribution in [1.82, 2.24) is 0 Å². The van der Waals surface area contributed by atoms with Crippen LogP contribution in [0.25, 0.3) is 0 Å². The molecule has 0 saturated carbocycles. The van der Waals surface area contributed by atoms with E-state index in [2.05, 4.69) is 0 Å². The maximum Gasteiger partial charge on any atom is 0.328 e. The summed E-state index contributed by atoms with van der Waals surface area (Å²) in [5.41, 5.74) is 10.9. The predicted octanol–water partition coefficient (Wildman–Crippen LogP) is 0.658. The molecule has 15 heavy (non-hydrogen) atoms. The van der Waals surface area contributed by atoms with Crippen LogP contribution in [0.15, 0.2) is 30.3 Å². The largest absolute Gasteiger partial charge is 0.425 e. The fourth-order valence-corrected chi connectivity index (χ4v) is 1.14. The van der Waals surface area contributed by atoms with E-state index in [-0.39, 0.29) is 0 Å². The highest BCUT2D eigenvalue weighted by atomic mass is 16.5. The van der Waals surface area contributed by atoms with Gasteiger partial charge in [0.1, 0.15) is 11.8 Å². The molecule has 1 aromatic rings. The lowest BCUT2D eigenvalue weighted by atomic mass is 10.2. The molecule has 0 aliphatic rings. The van der Waals surface area contributed by atoms with Gasteiger partial charge in [0.05, 0.1) is 0 Å². The number of ether oxygens (including phenoxy) is 1. The first-order chi connectivity index (χ1) is 7.24. The van der Waals surface area contributed by atoms with Crippen molar-refractivity contribution in [3.63, 3.8) is 0 Å². The molecule has 0 amide bonds. The monoisotopic (exact) mass is 208 g/mol. The molecule has 1 aromatic carbocycles. The Morgan fingerprint density at radius 2 is 2.00 bits per heavy atom. The Kier molecular flexibility index (Phi) is 4.80. The molecule has 0 bridgehead atoms. The second-order valence-corrected chi connectivity index (χ2v) is 3.27. The molecule has 0 aliphatic carbocycles. The van der Waals surface area contributed by atoms with Crippen molar-refractivity contribution in [3.8, 4) is 5.75 Å². The zero-order valence-corrected chi connectivity index (χ0v) is 8.56. The van der Waals surface area contributed by atoms with Gasteiger partial charge in [0.2, 0.25) is 0 Å². The molecule has 4 nitrogen and oxygen atoms in total. The van der Waals surface area contributed by atoms with Crippen LogP contribution in [0.2, 0.25) is 0 Å². The van der Waals surface area contributed by atoms with Crippen molar-refractivity contribution in [2.24, 2.45) is 11.5 Å². The number of hydrogen-bond acceptors (Lipinski definition) is 4. The van der Waals surface area contributed by atoms with E-state index >= 15 is 0 Å². The molecule has 0 aromatic heterocycles. The fraction of sp³-hybridized carbons (Fsp3) is 0.364. The highest BCUT2D eigenvalue weighted by Crippen LogP contribution is 2.09. The first-order valence-corrected chi connectivity index (χ1v) is 4.96. The van der Waals surface area contributed by atoms with Crippen molar-refractivity contribution >= 4 is 5.97 Å². The number of nitrogens with two attached hydrogens (primary N) is 2. The summed E-state index contributed by atoms with van der Waals surface area (Å²) in [6, 6.07) is 8.29. The van der Waals surface area contributed by atoms with Crippen LogP contribution < -0.4 is 16.2 Å². The molecule has 0 aliphatic heterocycles. The summed E-state index contributed by atoms with van der Waals surface area (Å²) in [7, 11) is 0. The minimum absolute atomic E-state index is 0.408. The van der Waals surface area contributed by atoms with Crippen LogP contribution in [0.3, 0.4) is 0 Å². The highest BCUT2D eigenvalue weighted by molar-refractivity contribution is 5.77. The number of hydrogen-bond donors (Lipinski definition) is 2. The standard InChI is InChI=1S/C11H16N2O2/c12-8-4-7-10(13)11(14)15-9-5-2-1-3-6-9/h1-3,5-6,10H,4,7-8,12-13H2/t10-/m1/s1. The van der Waals surface area contributed by atoms with E-state index in [0.717, 1.165) is 6.42 Å². The lowest BCUT2D eigenvalue weighted by Crippen LogP contribution is -2.34. The summed E-state index contributed by atoms with van der Waals surface area (Å²) >= 11 is 0. The topological polar surface area (TPSA) is 78.3 Å². The summed E-state index contributed by atoms with van der Waals surface area (Å²) in [5, 5.41) is 0. The fourth-order valence-electron chi connectivity index (χ4n) is 1.14. The van der Waals surface area contributed by atoms with Crippen LogP contribution in [0, 0.1) is 0 Å². The normalized spacial score (nSPS) is 12.1. The molecule has 0 saturated heterocycles. The maximum atomic E-state index is 11.4. The summed E-state index contributed by atoms with van der Waals surface area (Å²) in [6.45, 7) is 0.534. The SMILES string of the molecule is NCCC[C@@H](N)C(=O)Oc1ccccc1. The molecular formula is C11H16N2O2. The summed E-state index contributed by atoms with van der Waals surface area (Å²) < 4.78 is 5.07. The molecule has 82 valence electrons. The van der Waals surface area contributed by atoms with E-state index in [1.165, 1.54) is 0 Å². The van der Waals surface area contributed by atoms with Crippen LogP contribution >= 0.6 is 0 Å². The number of para-hydroxylation sites is 1. The second-order valence-electron chi connectivity index (χ2n) is 3.27. The lowest BCUT2D eigenvalue weighted by Gasteiger charge is -2.10. The highest BCUT2D eigenvalue weighted by Gasteiger charge is 2.14. The van der Waals surface area contributed by atoms with E-state index in [4.69, 9.17) is 16.2 Å². The van der Waals surface area contributed by atoms with Gasteiger partial charge >= 0.3 is 5.97 Å². The Hall–Kier alpha value is -1.39. The van der Waals surface area contributed by atoms with Crippen molar-refractivity contribution in [2.75, 3.05) is 6.54 Å². The van der Waals surface area contributed by atoms with Gasteiger partial charge in [-0.1, -0.05) is 18.2 Å². The lowest BCUT2D eigenvalue weighted by molar-refractivity contribution is -0.136. The molecule has 1 atom stereocenters. The first-order valence-electron chi connectivity index (χ1n) is 4.96. The van der Waals surface area contributed by atoms with E-state index in [1.807, 2.05) is 6.07 Å². The van der Waals surface area contributed by atoms with Crippen LogP contribution in [-0.2, 0) is 4.79 Å². The van der Waals surface area contributed by atoms with Crippen molar-refractivity contribution in [2.45, 2.75) is 18.9 Å². The third-order valence-corrected chi connectivity index (χ3v) is 1.98. The maximum absolute atomic E-state index is 11.4. The Morgan fingerprint density at radius 1 is 1.33 bits per heavy atom. The van der Waals surface area contributed by atoms with Crippen molar-refractivity contribution < 1.29 is 9.53 Å². The van der Waals surface area contributed by atoms with Gasteiger partial charge in [-0.3, -0.25) is 0 Å². The zero-order chi connectivity index (χ0) is 11.1. The zero-order valence-electron chi connectivity index (χ0n) is 8.56. The van der Waals surface area contributed by atoms with Crippen LogP contribution in [0.1, 0.15) is 12.8 Å². The van der Waals surface area contributed by atoms with Crippen molar-refractivity contribution in [1.29, 1.82) is 0 Å². The molecular weight excluding hydrogens is 192 g/mol. The Bertz CT molecular complexity index is 301. The molecule has 1 rings (SSSR count). The number of benzene rings is 1. The molecule has 0 fully saturated rings. The average molecular weight is 208 g/mol. The van der Waals surface area contributed by atoms with Crippen molar-refractivity contribution in [3.05, 3.63) is 30.3 Å². The van der Waals surface area contributed by atoms with Gasteiger partial charge in [0.25, 0.3) is 0 Å². The number of esters is 1.